The lowest BCUT2D eigenvalue weighted by molar-refractivity contribution is 0.593. The molecule has 8 aromatic rings. The molecule has 3 aliphatic rings. The third kappa shape index (κ3) is 4.98. The average molecular weight is 809 g/mol. The normalized spacial score (nSPS) is 15.7. The Balaban J connectivity index is 0.982. The summed E-state index contributed by atoms with van der Waals surface area (Å²) >= 11 is 0. The minimum Gasteiger partial charge on any atom is -0.219 e. The quantitative estimate of drug-likeness (QED) is 0.164. The summed E-state index contributed by atoms with van der Waals surface area (Å²) in [7, 11) is -12.8. The first-order valence-electron chi connectivity index (χ1n) is 18.7. The summed E-state index contributed by atoms with van der Waals surface area (Å²) in [5, 5.41) is 0. The van der Waals surface area contributed by atoms with Crippen LogP contribution in [0, 0.1) is 0 Å². The minimum absolute atomic E-state index is 0.107. The van der Waals surface area contributed by atoms with Gasteiger partial charge >= 0.3 is 0 Å². The number of rotatable bonds is 5. The highest BCUT2D eigenvalue weighted by molar-refractivity contribution is 7.95. The lowest BCUT2D eigenvalue weighted by atomic mass is 9.36. The van der Waals surface area contributed by atoms with Crippen LogP contribution in [0.2, 0.25) is 0 Å². The SMILES string of the molecule is O=S1(=O)c2cccc3c2B2c4c1cccc4S(=O)(=O)c1cc(-c4ccc(-c5ccc(-c6cc(-c7ccccc7)cc(-c7ccccc7)c6)cc5)cc4)cc(c12)S3(=O)=O. The van der Waals surface area contributed by atoms with Crippen molar-refractivity contribution in [1.82, 2.24) is 0 Å². The van der Waals surface area contributed by atoms with E-state index in [4.69, 9.17) is 0 Å². The predicted octanol–water partition coefficient (Wildman–Crippen LogP) is 7.98. The summed E-state index contributed by atoms with van der Waals surface area (Å²) < 4.78 is 85.2. The summed E-state index contributed by atoms with van der Waals surface area (Å²) in [6.07, 6.45) is 0. The monoisotopic (exact) mass is 808 g/mol. The molecule has 0 saturated carbocycles. The maximum atomic E-state index is 14.4. The second kappa shape index (κ2) is 12.3. The fourth-order valence-electron chi connectivity index (χ4n) is 8.94. The Labute approximate surface area is 337 Å². The highest BCUT2D eigenvalue weighted by atomic mass is 32.2. The standard InChI is InChI=1S/C48H29BO6S3/c50-56(51)40-13-7-15-42-46(40)49-47-41(56)14-8-16-43(47)58(54,55)45-29-39(28-44(48(45)49)57(42,52)53)35-23-19-33(20-24-35)32-17-21-34(22-18-32)38-26-36(30-9-3-1-4-10-30)25-37(27-38)31-11-5-2-6-12-31/h1-29H. The molecule has 0 unspecified atom stereocenters. The summed E-state index contributed by atoms with van der Waals surface area (Å²) in [5.74, 6) is 0. The van der Waals surface area contributed by atoms with Crippen LogP contribution in [0.4, 0.5) is 0 Å². The van der Waals surface area contributed by atoms with Gasteiger partial charge in [0.05, 0.1) is 29.4 Å². The van der Waals surface area contributed by atoms with Crippen molar-refractivity contribution in [3.63, 3.8) is 0 Å². The molecule has 0 atom stereocenters. The summed E-state index contributed by atoms with van der Waals surface area (Å²) in [5.41, 5.74) is 10.0. The van der Waals surface area contributed by atoms with Crippen molar-refractivity contribution in [3.05, 3.63) is 176 Å². The molecule has 0 aliphatic carbocycles. The third-order valence-corrected chi connectivity index (χ3v) is 17.3. The Morgan fingerprint density at radius 1 is 0.241 bits per heavy atom. The van der Waals surface area contributed by atoms with Crippen LogP contribution in [-0.2, 0) is 29.5 Å². The third-order valence-electron chi connectivity index (χ3n) is 11.7. The van der Waals surface area contributed by atoms with Crippen LogP contribution in [0.3, 0.4) is 0 Å². The highest BCUT2D eigenvalue weighted by Gasteiger charge is 2.54. The van der Waals surface area contributed by atoms with Crippen LogP contribution in [0.5, 0.6) is 0 Å². The minimum atomic E-state index is -4.30. The zero-order valence-electron chi connectivity index (χ0n) is 30.5. The first-order chi connectivity index (χ1) is 28.0. The van der Waals surface area contributed by atoms with Gasteiger partial charge in [-0.25, -0.2) is 25.3 Å². The molecule has 0 radical (unpaired) electrons. The Hall–Kier alpha value is -6.33. The Morgan fingerprint density at radius 3 is 0.845 bits per heavy atom. The van der Waals surface area contributed by atoms with Crippen molar-refractivity contribution in [2.24, 2.45) is 0 Å². The van der Waals surface area contributed by atoms with E-state index in [0.717, 1.165) is 44.5 Å². The van der Waals surface area contributed by atoms with Gasteiger partial charge < -0.3 is 0 Å². The maximum absolute atomic E-state index is 14.4. The predicted molar refractivity (Wildman–Crippen MR) is 228 cm³/mol. The molecule has 10 heteroatoms. The van der Waals surface area contributed by atoms with Gasteiger partial charge in [0.25, 0.3) is 6.71 Å². The summed E-state index contributed by atoms with van der Waals surface area (Å²) in [6.45, 7) is -0.858. The van der Waals surface area contributed by atoms with Crippen LogP contribution in [0.25, 0.3) is 55.6 Å². The van der Waals surface area contributed by atoms with Gasteiger partial charge in [0.2, 0.25) is 29.5 Å². The molecule has 6 nitrogen and oxygen atoms in total. The molecule has 0 N–H and O–H groups in total. The molecule has 8 aromatic carbocycles. The Kier molecular flexibility index (Phi) is 7.42. The molecule has 0 bridgehead atoms. The molecule has 3 aliphatic heterocycles. The van der Waals surface area contributed by atoms with Crippen molar-refractivity contribution < 1.29 is 25.3 Å². The lowest BCUT2D eigenvalue weighted by Crippen LogP contribution is -2.66. The highest BCUT2D eigenvalue weighted by Crippen LogP contribution is 2.41. The molecule has 0 spiro atoms. The second-order valence-electron chi connectivity index (χ2n) is 14.9. The molecule has 0 amide bonds. The Bertz CT molecular complexity index is 3230. The molecule has 11 rings (SSSR count). The van der Waals surface area contributed by atoms with Crippen molar-refractivity contribution in [2.75, 3.05) is 0 Å². The van der Waals surface area contributed by atoms with Crippen LogP contribution in [0.1, 0.15) is 0 Å². The van der Waals surface area contributed by atoms with Gasteiger partial charge in [-0.1, -0.05) is 121 Å². The van der Waals surface area contributed by atoms with Crippen molar-refractivity contribution in [1.29, 1.82) is 0 Å². The zero-order valence-corrected chi connectivity index (χ0v) is 32.9. The maximum Gasteiger partial charge on any atom is 0.251 e. The van der Waals surface area contributed by atoms with E-state index in [1.807, 2.05) is 60.7 Å². The number of sulfone groups is 3. The van der Waals surface area contributed by atoms with Gasteiger partial charge in [0, 0.05) is 0 Å². The fraction of sp³-hybridized carbons (Fsp3) is 0. The number of hydrogen-bond donors (Lipinski definition) is 0. The van der Waals surface area contributed by atoms with Crippen LogP contribution in [0.15, 0.2) is 205 Å². The molecular formula is C48H29BO6S3. The van der Waals surface area contributed by atoms with E-state index < -0.39 is 36.2 Å². The second-order valence-corrected chi connectivity index (χ2v) is 20.5. The van der Waals surface area contributed by atoms with Gasteiger partial charge in [-0.05, 0) is 127 Å². The van der Waals surface area contributed by atoms with Crippen molar-refractivity contribution >= 4 is 52.6 Å². The lowest BCUT2D eigenvalue weighted by Gasteiger charge is -2.37. The van der Waals surface area contributed by atoms with E-state index in [2.05, 4.69) is 66.7 Å². The van der Waals surface area contributed by atoms with Crippen LogP contribution >= 0.6 is 0 Å². The Morgan fingerprint density at radius 2 is 0.500 bits per heavy atom. The number of hydrogen-bond acceptors (Lipinski definition) is 6. The molecule has 278 valence electrons. The van der Waals surface area contributed by atoms with Gasteiger partial charge in [-0.2, -0.15) is 0 Å². The van der Waals surface area contributed by atoms with Crippen LogP contribution in [-0.4, -0.2) is 32.0 Å². The molecule has 3 heterocycles. The van der Waals surface area contributed by atoms with E-state index >= 15 is 0 Å². The molecule has 0 fully saturated rings. The fourth-order valence-corrected chi connectivity index (χ4v) is 14.5. The summed E-state index contributed by atoms with van der Waals surface area (Å²) in [6, 6.07) is 54.9. The van der Waals surface area contributed by atoms with Crippen LogP contribution < -0.4 is 16.4 Å². The number of benzene rings is 8. The van der Waals surface area contributed by atoms with E-state index in [1.165, 1.54) is 48.5 Å². The van der Waals surface area contributed by atoms with Crippen molar-refractivity contribution in [2.45, 2.75) is 29.4 Å². The molecule has 0 saturated heterocycles. The van der Waals surface area contributed by atoms with E-state index in [9.17, 15) is 25.3 Å². The van der Waals surface area contributed by atoms with Gasteiger partial charge in [0.15, 0.2) is 0 Å². The van der Waals surface area contributed by atoms with Gasteiger partial charge in [-0.15, -0.1) is 0 Å². The first-order valence-corrected chi connectivity index (χ1v) is 23.1. The topological polar surface area (TPSA) is 102 Å². The first kappa shape index (κ1) is 34.9. The summed E-state index contributed by atoms with van der Waals surface area (Å²) in [4.78, 5) is -0.686. The largest absolute Gasteiger partial charge is 0.251 e. The smallest absolute Gasteiger partial charge is 0.219 e. The molecule has 58 heavy (non-hydrogen) atoms. The van der Waals surface area contributed by atoms with E-state index in [-0.39, 0.29) is 45.8 Å². The molecular weight excluding hydrogens is 780 g/mol. The van der Waals surface area contributed by atoms with Crippen molar-refractivity contribution in [3.8, 4) is 55.6 Å². The van der Waals surface area contributed by atoms with Gasteiger partial charge in [0.1, 0.15) is 0 Å². The van der Waals surface area contributed by atoms with E-state index in [0.29, 0.717) is 11.1 Å². The molecule has 0 aromatic heterocycles. The average Bonchev–Trinajstić information content (AvgIpc) is 3.26. The van der Waals surface area contributed by atoms with E-state index in [1.54, 1.807) is 0 Å². The zero-order chi connectivity index (χ0) is 39.6. The van der Waals surface area contributed by atoms with Gasteiger partial charge in [-0.3, -0.25) is 0 Å².